The van der Waals surface area contributed by atoms with Crippen molar-refractivity contribution in [1.82, 2.24) is 0 Å². The fourth-order valence-electron chi connectivity index (χ4n) is 3.66. The first kappa shape index (κ1) is 18.5. The fourth-order valence-corrected chi connectivity index (χ4v) is 3.66. The van der Waals surface area contributed by atoms with Crippen LogP contribution in [0.3, 0.4) is 0 Å². The largest absolute Gasteiger partial charge is 0.0622 e. The van der Waals surface area contributed by atoms with E-state index in [1.807, 2.05) is 0 Å². The summed E-state index contributed by atoms with van der Waals surface area (Å²) in [7, 11) is 0. The lowest BCUT2D eigenvalue weighted by Crippen LogP contribution is -2.18. The first-order valence-corrected chi connectivity index (χ1v) is 9.48. The maximum atomic E-state index is 2.34. The van der Waals surface area contributed by atoms with E-state index in [0.29, 0.717) is 0 Å². The Morgan fingerprint density at radius 2 is 0.731 bits per heavy atom. The van der Waals surface area contributed by atoms with E-state index in [-0.39, 0.29) is 10.8 Å². The number of hydrogen-bond acceptors (Lipinski definition) is 0. The van der Waals surface area contributed by atoms with Gasteiger partial charge >= 0.3 is 0 Å². The number of hydrogen-bond donors (Lipinski definition) is 0. The second-order valence-corrected chi connectivity index (χ2v) is 9.14. The van der Waals surface area contributed by atoms with Crippen LogP contribution in [0.5, 0.6) is 0 Å². The van der Waals surface area contributed by atoms with Crippen molar-refractivity contribution in [3.05, 3.63) is 83.9 Å². The van der Waals surface area contributed by atoms with Gasteiger partial charge < -0.3 is 0 Å². The average molecular weight is 343 g/mol. The van der Waals surface area contributed by atoms with Crippen LogP contribution in [0.1, 0.15) is 52.7 Å². The Balaban J connectivity index is 2.48. The molecule has 0 amide bonds. The van der Waals surface area contributed by atoms with Crippen LogP contribution in [-0.4, -0.2) is 0 Å². The van der Waals surface area contributed by atoms with Gasteiger partial charge in [0, 0.05) is 0 Å². The predicted molar refractivity (Wildman–Crippen MR) is 115 cm³/mol. The second-order valence-electron chi connectivity index (χ2n) is 9.14. The van der Waals surface area contributed by atoms with Gasteiger partial charge in [0.2, 0.25) is 0 Å². The molecule has 0 aliphatic heterocycles. The van der Waals surface area contributed by atoms with Gasteiger partial charge in [-0.3, -0.25) is 0 Å². The zero-order valence-corrected chi connectivity index (χ0v) is 16.9. The van der Waals surface area contributed by atoms with Gasteiger partial charge in [0.25, 0.3) is 0 Å². The van der Waals surface area contributed by atoms with Crippen molar-refractivity contribution in [3.63, 3.8) is 0 Å². The Morgan fingerprint density at radius 3 is 1.00 bits per heavy atom. The maximum absolute atomic E-state index is 2.34. The van der Waals surface area contributed by atoms with E-state index in [1.165, 1.54) is 33.4 Å². The minimum atomic E-state index is 0.0745. The molecule has 0 aliphatic carbocycles. The number of benzene rings is 3. The summed E-state index contributed by atoms with van der Waals surface area (Å²) in [5.41, 5.74) is 8.28. The van der Waals surface area contributed by atoms with Crippen molar-refractivity contribution in [2.75, 3.05) is 0 Å². The van der Waals surface area contributed by atoms with E-state index in [4.69, 9.17) is 0 Å². The van der Waals surface area contributed by atoms with Crippen molar-refractivity contribution in [1.29, 1.82) is 0 Å². The summed E-state index contributed by atoms with van der Waals surface area (Å²) in [5.74, 6) is 0. The Hall–Kier alpha value is -2.34. The zero-order valence-electron chi connectivity index (χ0n) is 16.9. The topological polar surface area (TPSA) is 0 Å². The van der Waals surface area contributed by atoms with E-state index in [0.717, 1.165) is 0 Å². The quantitative estimate of drug-likeness (QED) is 0.449. The molecule has 0 N–H and O–H groups in total. The van der Waals surface area contributed by atoms with E-state index >= 15 is 0 Å². The van der Waals surface area contributed by atoms with Crippen molar-refractivity contribution in [2.45, 2.75) is 52.4 Å². The zero-order chi connectivity index (χ0) is 18.9. The van der Waals surface area contributed by atoms with E-state index in [9.17, 15) is 0 Å². The highest BCUT2D eigenvalue weighted by Crippen LogP contribution is 2.45. The van der Waals surface area contributed by atoms with Gasteiger partial charge in [-0.15, -0.1) is 0 Å². The molecular weight excluding hydrogens is 312 g/mol. The lowest BCUT2D eigenvalue weighted by Gasteiger charge is -2.31. The highest BCUT2D eigenvalue weighted by molar-refractivity contribution is 5.89. The molecule has 26 heavy (non-hydrogen) atoms. The highest BCUT2D eigenvalue weighted by atomic mass is 14.3. The molecule has 3 rings (SSSR count). The summed E-state index contributed by atoms with van der Waals surface area (Å²) in [6.45, 7) is 13.8. The standard InChI is InChI=1S/C26H30/c1-25(2,3)21-17-18-22(26(4,5)6)24(20-15-11-8-12-16-20)23(21)19-13-9-7-10-14-19/h7-18H,1-6H3. The normalized spacial score (nSPS) is 12.2. The van der Waals surface area contributed by atoms with Crippen LogP contribution in [0, 0.1) is 0 Å². The molecule has 0 atom stereocenters. The van der Waals surface area contributed by atoms with Crippen LogP contribution in [0.2, 0.25) is 0 Å². The molecule has 0 unspecified atom stereocenters. The summed E-state index contributed by atoms with van der Waals surface area (Å²) in [6.07, 6.45) is 0. The van der Waals surface area contributed by atoms with Crippen molar-refractivity contribution in [3.8, 4) is 22.3 Å². The lowest BCUT2D eigenvalue weighted by molar-refractivity contribution is 0.580. The lowest BCUT2D eigenvalue weighted by atomic mass is 9.73. The monoisotopic (exact) mass is 342 g/mol. The number of rotatable bonds is 2. The van der Waals surface area contributed by atoms with Crippen molar-refractivity contribution in [2.24, 2.45) is 0 Å². The van der Waals surface area contributed by atoms with Gasteiger partial charge in [0.15, 0.2) is 0 Å². The Bertz CT molecular complexity index is 797. The highest BCUT2D eigenvalue weighted by Gasteiger charge is 2.27. The third-order valence-corrected chi connectivity index (χ3v) is 4.95. The molecule has 0 radical (unpaired) electrons. The predicted octanol–water partition coefficient (Wildman–Crippen LogP) is 7.62. The van der Waals surface area contributed by atoms with Crippen LogP contribution in [0.25, 0.3) is 22.3 Å². The molecule has 0 bridgehead atoms. The average Bonchev–Trinajstić information content (AvgIpc) is 2.60. The second kappa shape index (κ2) is 6.76. The van der Waals surface area contributed by atoms with E-state index in [2.05, 4.69) is 114 Å². The maximum Gasteiger partial charge on any atom is -0.00650 e. The van der Waals surface area contributed by atoms with Crippen LogP contribution in [0.15, 0.2) is 72.8 Å². The van der Waals surface area contributed by atoms with Gasteiger partial charge in [-0.25, -0.2) is 0 Å². The van der Waals surface area contributed by atoms with E-state index in [1.54, 1.807) is 0 Å². The molecule has 0 saturated carbocycles. The summed E-state index contributed by atoms with van der Waals surface area (Å²) in [4.78, 5) is 0. The molecule has 0 nitrogen and oxygen atoms in total. The molecule has 3 aromatic rings. The first-order chi connectivity index (χ1) is 12.2. The smallest absolute Gasteiger partial charge is 0.00650 e. The third-order valence-electron chi connectivity index (χ3n) is 4.95. The van der Waals surface area contributed by atoms with Crippen molar-refractivity contribution >= 4 is 0 Å². The van der Waals surface area contributed by atoms with Crippen molar-refractivity contribution < 1.29 is 0 Å². The molecule has 0 saturated heterocycles. The van der Waals surface area contributed by atoms with Crippen LogP contribution < -0.4 is 0 Å². The Kier molecular flexibility index (Phi) is 4.80. The van der Waals surface area contributed by atoms with Gasteiger partial charge in [-0.2, -0.15) is 0 Å². The molecular formula is C26H30. The van der Waals surface area contributed by atoms with Crippen LogP contribution in [-0.2, 0) is 10.8 Å². The molecule has 134 valence electrons. The minimum absolute atomic E-state index is 0.0745. The summed E-state index contributed by atoms with van der Waals surface area (Å²) < 4.78 is 0. The van der Waals surface area contributed by atoms with Crippen LogP contribution in [0.4, 0.5) is 0 Å². The molecule has 0 fully saturated rings. The summed E-state index contributed by atoms with van der Waals surface area (Å²) in [5, 5.41) is 0. The first-order valence-electron chi connectivity index (χ1n) is 9.48. The summed E-state index contributed by atoms with van der Waals surface area (Å²) in [6, 6.07) is 26.4. The fraction of sp³-hybridized carbons (Fsp3) is 0.308. The van der Waals surface area contributed by atoms with Gasteiger partial charge in [0.05, 0.1) is 0 Å². The Morgan fingerprint density at radius 1 is 0.423 bits per heavy atom. The van der Waals surface area contributed by atoms with Gasteiger partial charge in [0.1, 0.15) is 0 Å². The molecule has 0 spiro atoms. The third kappa shape index (κ3) is 3.60. The molecule has 0 aromatic heterocycles. The molecule has 0 aliphatic rings. The summed E-state index contributed by atoms with van der Waals surface area (Å²) >= 11 is 0. The van der Waals surface area contributed by atoms with Gasteiger partial charge in [-0.1, -0.05) is 114 Å². The molecule has 0 heterocycles. The van der Waals surface area contributed by atoms with Gasteiger partial charge in [-0.05, 0) is 44.2 Å². The minimum Gasteiger partial charge on any atom is -0.0622 e. The SMILES string of the molecule is CC(C)(C)c1ccc(C(C)(C)C)c(-c2ccccc2)c1-c1ccccc1. The Labute approximate surface area is 158 Å². The molecule has 3 aromatic carbocycles. The van der Waals surface area contributed by atoms with E-state index < -0.39 is 0 Å². The molecule has 0 heteroatoms. The van der Waals surface area contributed by atoms with Crippen LogP contribution >= 0.6 is 0 Å².